The number of para-hydroxylation sites is 1. The van der Waals surface area contributed by atoms with Gasteiger partial charge >= 0.3 is 0 Å². The molecule has 1 aromatic heterocycles. The van der Waals surface area contributed by atoms with Gasteiger partial charge in [0, 0.05) is 17.8 Å². The van der Waals surface area contributed by atoms with Crippen LogP contribution in [0.3, 0.4) is 0 Å². The summed E-state index contributed by atoms with van der Waals surface area (Å²) < 4.78 is 1.71. The van der Waals surface area contributed by atoms with E-state index in [1.807, 2.05) is 42.5 Å². The molecular formula is C19H19ClN4O. The van der Waals surface area contributed by atoms with Crippen molar-refractivity contribution in [3.63, 3.8) is 0 Å². The molecule has 1 amide bonds. The summed E-state index contributed by atoms with van der Waals surface area (Å²) in [5.41, 5.74) is 2.83. The van der Waals surface area contributed by atoms with Crippen LogP contribution in [-0.2, 0) is 6.42 Å². The van der Waals surface area contributed by atoms with Gasteiger partial charge in [-0.3, -0.25) is 4.79 Å². The van der Waals surface area contributed by atoms with E-state index < -0.39 is 0 Å². The molecule has 0 aliphatic rings. The van der Waals surface area contributed by atoms with Crippen LogP contribution in [0.5, 0.6) is 0 Å². The van der Waals surface area contributed by atoms with E-state index in [0.717, 1.165) is 23.5 Å². The standard InChI is InChI=1S/C19H19ClN4O/c1-3-7-17-18(19(25)23(2)15-8-5-4-6-9-15)21-22-24(17)16-12-10-14(20)11-13-16/h4-6,8-13H,3,7H2,1-2H3. The Morgan fingerprint density at radius 2 is 1.80 bits per heavy atom. The first-order valence-corrected chi connectivity index (χ1v) is 8.53. The van der Waals surface area contributed by atoms with E-state index in [2.05, 4.69) is 17.2 Å². The number of nitrogens with zero attached hydrogens (tertiary/aromatic N) is 4. The lowest BCUT2D eigenvalue weighted by atomic mass is 10.1. The number of hydrogen-bond acceptors (Lipinski definition) is 3. The molecule has 0 atom stereocenters. The maximum absolute atomic E-state index is 12.9. The normalized spacial score (nSPS) is 10.7. The third-order valence-corrected chi connectivity index (χ3v) is 4.22. The number of carbonyl (C=O) groups excluding carboxylic acids is 1. The van der Waals surface area contributed by atoms with Gasteiger partial charge in [-0.2, -0.15) is 0 Å². The highest BCUT2D eigenvalue weighted by Crippen LogP contribution is 2.20. The molecule has 0 saturated carbocycles. The van der Waals surface area contributed by atoms with Crippen molar-refractivity contribution in [3.8, 4) is 5.69 Å². The smallest absolute Gasteiger partial charge is 0.280 e. The molecule has 3 rings (SSSR count). The van der Waals surface area contributed by atoms with Crippen molar-refractivity contribution in [3.05, 3.63) is 71.0 Å². The van der Waals surface area contributed by atoms with Crippen LogP contribution in [0, 0.1) is 0 Å². The number of halogens is 1. The maximum atomic E-state index is 12.9. The zero-order valence-electron chi connectivity index (χ0n) is 14.2. The number of aromatic nitrogens is 3. The van der Waals surface area contributed by atoms with Crippen LogP contribution < -0.4 is 4.90 Å². The van der Waals surface area contributed by atoms with Crippen molar-refractivity contribution in [1.82, 2.24) is 15.0 Å². The Kier molecular flexibility index (Phi) is 5.14. The van der Waals surface area contributed by atoms with Crippen LogP contribution in [0.1, 0.15) is 29.5 Å². The minimum Gasteiger partial charge on any atom is -0.310 e. The highest BCUT2D eigenvalue weighted by molar-refractivity contribution is 6.30. The monoisotopic (exact) mass is 354 g/mol. The lowest BCUT2D eigenvalue weighted by Gasteiger charge is -2.16. The summed E-state index contributed by atoms with van der Waals surface area (Å²) in [4.78, 5) is 14.5. The van der Waals surface area contributed by atoms with Gasteiger partial charge < -0.3 is 4.90 Å². The van der Waals surface area contributed by atoms with Crippen molar-refractivity contribution >= 4 is 23.2 Å². The van der Waals surface area contributed by atoms with Crippen molar-refractivity contribution in [2.45, 2.75) is 19.8 Å². The van der Waals surface area contributed by atoms with Crippen molar-refractivity contribution in [2.24, 2.45) is 0 Å². The van der Waals surface area contributed by atoms with E-state index in [1.54, 1.807) is 28.8 Å². The Morgan fingerprint density at radius 1 is 1.12 bits per heavy atom. The molecular weight excluding hydrogens is 336 g/mol. The van der Waals surface area contributed by atoms with E-state index in [9.17, 15) is 4.79 Å². The average molecular weight is 355 g/mol. The highest BCUT2D eigenvalue weighted by atomic mass is 35.5. The topological polar surface area (TPSA) is 51.0 Å². The van der Waals surface area contributed by atoms with Crippen LogP contribution in [0.4, 0.5) is 5.69 Å². The van der Waals surface area contributed by atoms with Crippen molar-refractivity contribution in [2.75, 3.05) is 11.9 Å². The fourth-order valence-electron chi connectivity index (χ4n) is 2.65. The summed E-state index contributed by atoms with van der Waals surface area (Å²) in [5, 5.41) is 9.03. The quantitative estimate of drug-likeness (QED) is 0.691. The van der Waals surface area contributed by atoms with E-state index in [-0.39, 0.29) is 5.91 Å². The first-order chi connectivity index (χ1) is 12.1. The zero-order valence-corrected chi connectivity index (χ0v) is 14.9. The summed E-state index contributed by atoms with van der Waals surface area (Å²) in [6.07, 6.45) is 1.59. The number of rotatable bonds is 5. The number of hydrogen-bond donors (Lipinski definition) is 0. The van der Waals surface area contributed by atoms with Crippen LogP contribution in [0.25, 0.3) is 5.69 Å². The highest BCUT2D eigenvalue weighted by Gasteiger charge is 2.23. The molecule has 0 spiro atoms. The van der Waals surface area contributed by atoms with Gasteiger partial charge in [0.15, 0.2) is 5.69 Å². The minimum atomic E-state index is -0.171. The fraction of sp³-hybridized carbons (Fsp3) is 0.211. The molecule has 0 bridgehead atoms. The third-order valence-electron chi connectivity index (χ3n) is 3.97. The molecule has 128 valence electrons. The number of amides is 1. The molecule has 0 unspecified atom stereocenters. The Balaban J connectivity index is 1.99. The molecule has 1 heterocycles. The Morgan fingerprint density at radius 3 is 2.44 bits per heavy atom. The largest absolute Gasteiger partial charge is 0.310 e. The van der Waals surface area contributed by atoms with E-state index in [4.69, 9.17) is 11.6 Å². The van der Waals surface area contributed by atoms with Gasteiger partial charge in [0.1, 0.15) is 0 Å². The summed E-state index contributed by atoms with van der Waals surface area (Å²) in [5.74, 6) is -0.171. The van der Waals surface area contributed by atoms with Crippen LogP contribution in [0.2, 0.25) is 5.02 Å². The van der Waals surface area contributed by atoms with Crippen molar-refractivity contribution < 1.29 is 4.79 Å². The van der Waals surface area contributed by atoms with Gasteiger partial charge in [-0.15, -0.1) is 5.10 Å². The SMILES string of the molecule is CCCc1c(C(=O)N(C)c2ccccc2)nnn1-c1ccc(Cl)cc1. The summed E-state index contributed by atoms with van der Waals surface area (Å²) >= 11 is 5.96. The second-order valence-corrected chi connectivity index (χ2v) is 6.16. The minimum absolute atomic E-state index is 0.171. The number of anilines is 1. The van der Waals surface area contributed by atoms with Gasteiger partial charge in [0.25, 0.3) is 5.91 Å². The molecule has 0 radical (unpaired) electrons. The van der Waals surface area contributed by atoms with Crippen LogP contribution >= 0.6 is 11.6 Å². The van der Waals surface area contributed by atoms with Gasteiger partial charge in [-0.05, 0) is 42.8 Å². The molecule has 0 aliphatic heterocycles. The second kappa shape index (κ2) is 7.49. The van der Waals surface area contributed by atoms with E-state index in [0.29, 0.717) is 17.1 Å². The van der Waals surface area contributed by atoms with Gasteiger partial charge in [0.05, 0.1) is 11.4 Å². The van der Waals surface area contributed by atoms with E-state index >= 15 is 0 Å². The molecule has 0 fully saturated rings. The predicted octanol–water partition coefficient (Wildman–Crippen LogP) is 4.15. The Hall–Kier alpha value is -2.66. The van der Waals surface area contributed by atoms with Crippen LogP contribution in [-0.4, -0.2) is 27.9 Å². The molecule has 2 aromatic carbocycles. The Bertz CT molecular complexity index is 859. The Labute approximate surface area is 151 Å². The van der Waals surface area contributed by atoms with Gasteiger partial charge in [-0.1, -0.05) is 48.4 Å². The lowest BCUT2D eigenvalue weighted by molar-refractivity contribution is 0.0987. The molecule has 0 N–H and O–H groups in total. The number of carbonyl (C=O) groups is 1. The molecule has 5 nitrogen and oxygen atoms in total. The first-order valence-electron chi connectivity index (χ1n) is 8.15. The summed E-state index contributed by atoms with van der Waals surface area (Å²) in [6.45, 7) is 2.06. The number of benzene rings is 2. The fourth-order valence-corrected chi connectivity index (χ4v) is 2.77. The molecule has 6 heteroatoms. The van der Waals surface area contributed by atoms with Gasteiger partial charge in [0.2, 0.25) is 0 Å². The van der Waals surface area contributed by atoms with Crippen molar-refractivity contribution in [1.29, 1.82) is 0 Å². The predicted molar refractivity (Wildman–Crippen MR) is 99.5 cm³/mol. The van der Waals surface area contributed by atoms with Crippen LogP contribution in [0.15, 0.2) is 54.6 Å². The molecule has 3 aromatic rings. The van der Waals surface area contributed by atoms with E-state index in [1.165, 1.54) is 0 Å². The second-order valence-electron chi connectivity index (χ2n) is 5.72. The summed E-state index contributed by atoms with van der Waals surface area (Å²) in [6, 6.07) is 16.8. The molecule has 0 saturated heterocycles. The third kappa shape index (κ3) is 3.56. The molecule has 25 heavy (non-hydrogen) atoms. The maximum Gasteiger partial charge on any atom is 0.280 e. The molecule has 0 aliphatic carbocycles. The zero-order chi connectivity index (χ0) is 17.8. The van der Waals surface area contributed by atoms with Gasteiger partial charge in [-0.25, -0.2) is 4.68 Å². The summed E-state index contributed by atoms with van der Waals surface area (Å²) in [7, 11) is 1.74. The lowest BCUT2D eigenvalue weighted by Crippen LogP contribution is -2.27. The average Bonchev–Trinajstić information content (AvgIpc) is 3.06. The first kappa shape index (κ1) is 17.2.